The molecule has 1 N–H and O–H groups in total. The summed E-state index contributed by atoms with van der Waals surface area (Å²) < 4.78 is 1.18. The molecule has 21 heavy (non-hydrogen) atoms. The van der Waals surface area contributed by atoms with Gasteiger partial charge in [-0.1, -0.05) is 65.3 Å². The summed E-state index contributed by atoms with van der Waals surface area (Å²) in [7, 11) is 0. The van der Waals surface area contributed by atoms with Crippen molar-refractivity contribution < 1.29 is 0 Å². The highest BCUT2D eigenvalue weighted by atomic mass is 79.9. The van der Waals surface area contributed by atoms with Gasteiger partial charge < -0.3 is 5.32 Å². The van der Waals surface area contributed by atoms with Gasteiger partial charge in [0.1, 0.15) is 0 Å². The third-order valence-corrected chi connectivity index (χ3v) is 5.34. The lowest BCUT2D eigenvalue weighted by molar-refractivity contribution is 0.396. The van der Waals surface area contributed by atoms with E-state index in [2.05, 4.69) is 83.6 Å². The van der Waals surface area contributed by atoms with Gasteiger partial charge in [0, 0.05) is 16.6 Å². The van der Waals surface area contributed by atoms with Crippen LogP contribution in [0.3, 0.4) is 0 Å². The van der Waals surface area contributed by atoms with Crippen molar-refractivity contribution in [3.63, 3.8) is 0 Å². The van der Waals surface area contributed by atoms with Crippen molar-refractivity contribution in [2.45, 2.75) is 44.7 Å². The average Bonchev–Trinajstić information content (AvgIpc) is 2.51. The monoisotopic (exact) mass is 343 g/mol. The van der Waals surface area contributed by atoms with Crippen LogP contribution in [0.4, 0.5) is 0 Å². The minimum absolute atomic E-state index is 0.340. The second kappa shape index (κ2) is 6.33. The molecule has 0 spiro atoms. The first kappa shape index (κ1) is 14.8. The van der Waals surface area contributed by atoms with Crippen molar-refractivity contribution in [3.05, 3.63) is 69.7 Å². The lowest BCUT2D eigenvalue weighted by Gasteiger charge is -2.32. The SMILES string of the molecule is CC1CCC(N[C@H](C)c2ccccc2Br)c2ccccc21. The van der Waals surface area contributed by atoms with Gasteiger partial charge in [-0.05, 0) is 48.4 Å². The van der Waals surface area contributed by atoms with Gasteiger partial charge in [0.05, 0.1) is 0 Å². The summed E-state index contributed by atoms with van der Waals surface area (Å²) in [5.41, 5.74) is 4.32. The minimum atomic E-state index is 0.340. The van der Waals surface area contributed by atoms with Gasteiger partial charge in [0.15, 0.2) is 0 Å². The van der Waals surface area contributed by atoms with Gasteiger partial charge in [-0.25, -0.2) is 0 Å². The third-order valence-electron chi connectivity index (χ3n) is 4.61. The standard InChI is InChI=1S/C19H22BrN/c1-13-11-12-19(17-9-4-3-7-15(13)17)21-14(2)16-8-5-6-10-18(16)20/h3-10,13-14,19,21H,11-12H2,1-2H3/t13?,14-,19?/m1/s1. The fraction of sp³-hybridized carbons (Fsp3) is 0.368. The summed E-state index contributed by atoms with van der Waals surface area (Å²) in [6.45, 7) is 4.59. The summed E-state index contributed by atoms with van der Waals surface area (Å²) in [5.74, 6) is 0.679. The molecule has 0 aliphatic heterocycles. The first-order chi connectivity index (χ1) is 10.2. The molecule has 3 atom stereocenters. The predicted octanol–water partition coefficient (Wildman–Crippen LogP) is 5.74. The molecule has 0 saturated heterocycles. The van der Waals surface area contributed by atoms with Gasteiger partial charge >= 0.3 is 0 Å². The molecule has 0 fully saturated rings. The van der Waals surface area contributed by atoms with E-state index >= 15 is 0 Å². The summed E-state index contributed by atoms with van der Waals surface area (Å²) in [6.07, 6.45) is 2.48. The van der Waals surface area contributed by atoms with Gasteiger partial charge in [0.2, 0.25) is 0 Å². The van der Waals surface area contributed by atoms with E-state index in [1.165, 1.54) is 34.0 Å². The van der Waals surface area contributed by atoms with Crippen molar-refractivity contribution in [2.24, 2.45) is 0 Å². The van der Waals surface area contributed by atoms with Crippen molar-refractivity contribution in [1.82, 2.24) is 5.32 Å². The minimum Gasteiger partial charge on any atom is -0.303 e. The zero-order valence-corrected chi connectivity index (χ0v) is 14.2. The van der Waals surface area contributed by atoms with Gasteiger partial charge in [-0.3, -0.25) is 0 Å². The van der Waals surface area contributed by atoms with Crippen LogP contribution in [0.2, 0.25) is 0 Å². The number of halogens is 1. The summed E-state index contributed by atoms with van der Waals surface area (Å²) in [6, 6.07) is 18.2. The van der Waals surface area contributed by atoms with E-state index in [4.69, 9.17) is 0 Å². The number of fused-ring (bicyclic) bond motifs is 1. The number of hydrogen-bond donors (Lipinski definition) is 1. The van der Waals surface area contributed by atoms with E-state index in [-0.39, 0.29) is 0 Å². The highest BCUT2D eigenvalue weighted by Crippen LogP contribution is 2.38. The fourth-order valence-corrected chi connectivity index (χ4v) is 4.02. The third kappa shape index (κ3) is 3.07. The highest BCUT2D eigenvalue weighted by Gasteiger charge is 2.25. The first-order valence-electron chi connectivity index (χ1n) is 7.76. The van der Waals surface area contributed by atoms with Crippen LogP contribution in [0.1, 0.15) is 61.4 Å². The van der Waals surface area contributed by atoms with Crippen LogP contribution in [0, 0.1) is 0 Å². The second-order valence-corrected chi connectivity index (χ2v) is 6.92. The van der Waals surface area contributed by atoms with Crippen LogP contribution in [0.15, 0.2) is 53.0 Å². The zero-order chi connectivity index (χ0) is 14.8. The maximum absolute atomic E-state index is 3.82. The number of rotatable bonds is 3. The van der Waals surface area contributed by atoms with Gasteiger partial charge in [-0.2, -0.15) is 0 Å². The fourth-order valence-electron chi connectivity index (χ4n) is 3.40. The predicted molar refractivity (Wildman–Crippen MR) is 92.5 cm³/mol. The Hall–Kier alpha value is -1.12. The highest BCUT2D eigenvalue weighted by molar-refractivity contribution is 9.10. The van der Waals surface area contributed by atoms with Crippen molar-refractivity contribution >= 4 is 15.9 Å². The maximum atomic E-state index is 3.82. The van der Waals surface area contributed by atoms with Gasteiger partial charge in [-0.15, -0.1) is 0 Å². The summed E-state index contributed by atoms with van der Waals surface area (Å²) >= 11 is 3.66. The Labute approximate surface area is 135 Å². The second-order valence-electron chi connectivity index (χ2n) is 6.07. The first-order valence-corrected chi connectivity index (χ1v) is 8.55. The van der Waals surface area contributed by atoms with Crippen LogP contribution in [0.25, 0.3) is 0 Å². The average molecular weight is 344 g/mol. The molecule has 0 amide bonds. The van der Waals surface area contributed by atoms with Crippen molar-refractivity contribution in [1.29, 1.82) is 0 Å². The Morgan fingerprint density at radius 2 is 1.67 bits per heavy atom. The molecule has 0 saturated carbocycles. The topological polar surface area (TPSA) is 12.0 Å². The van der Waals surface area contributed by atoms with Crippen LogP contribution in [-0.2, 0) is 0 Å². The molecule has 2 aromatic carbocycles. The van der Waals surface area contributed by atoms with E-state index in [1.54, 1.807) is 0 Å². The Morgan fingerprint density at radius 1 is 1.00 bits per heavy atom. The normalized spacial score (nSPS) is 22.6. The largest absolute Gasteiger partial charge is 0.303 e. The summed E-state index contributed by atoms with van der Waals surface area (Å²) in [5, 5.41) is 3.82. The Bertz CT molecular complexity index is 622. The molecule has 2 unspecified atom stereocenters. The van der Waals surface area contributed by atoms with Crippen molar-refractivity contribution in [3.8, 4) is 0 Å². The molecular formula is C19H22BrN. The molecule has 1 aliphatic rings. The lowest BCUT2D eigenvalue weighted by Crippen LogP contribution is -2.28. The van der Waals surface area contributed by atoms with E-state index < -0.39 is 0 Å². The number of benzene rings is 2. The molecule has 0 radical (unpaired) electrons. The number of hydrogen-bond acceptors (Lipinski definition) is 1. The molecular weight excluding hydrogens is 322 g/mol. The molecule has 3 rings (SSSR count). The Balaban J connectivity index is 1.83. The smallest absolute Gasteiger partial charge is 0.0328 e. The zero-order valence-electron chi connectivity index (χ0n) is 12.6. The van der Waals surface area contributed by atoms with E-state index in [0.29, 0.717) is 18.0 Å². The molecule has 0 aromatic heterocycles. The van der Waals surface area contributed by atoms with Gasteiger partial charge in [0.25, 0.3) is 0 Å². The molecule has 0 bridgehead atoms. The van der Waals surface area contributed by atoms with Crippen LogP contribution in [-0.4, -0.2) is 0 Å². The van der Waals surface area contributed by atoms with E-state index in [0.717, 1.165) is 0 Å². The molecule has 1 aliphatic carbocycles. The van der Waals surface area contributed by atoms with E-state index in [1.807, 2.05) is 0 Å². The molecule has 1 nitrogen and oxygen atoms in total. The Morgan fingerprint density at radius 3 is 2.43 bits per heavy atom. The number of nitrogens with one attached hydrogen (secondary N) is 1. The molecule has 110 valence electrons. The van der Waals surface area contributed by atoms with E-state index in [9.17, 15) is 0 Å². The summed E-state index contributed by atoms with van der Waals surface area (Å²) in [4.78, 5) is 0. The Kier molecular flexibility index (Phi) is 4.46. The van der Waals surface area contributed by atoms with Crippen LogP contribution >= 0.6 is 15.9 Å². The molecule has 0 heterocycles. The quantitative estimate of drug-likeness (QED) is 0.749. The van der Waals surface area contributed by atoms with Crippen molar-refractivity contribution in [2.75, 3.05) is 0 Å². The molecule has 2 heteroatoms. The maximum Gasteiger partial charge on any atom is 0.0328 e. The van der Waals surface area contributed by atoms with Crippen LogP contribution < -0.4 is 5.32 Å². The lowest BCUT2D eigenvalue weighted by atomic mass is 9.80. The van der Waals surface area contributed by atoms with Crippen LogP contribution in [0.5, 0.6) is 0 Å². The molecule has 2 aromatic rings.